The molecule has 2 aliphatic heterocycles. The number of nitrogens with zero attached hydrogens (tertiary/aromatic N) is 4. The first kappa shape index (κ1) is 19.1. The van der Waals surface area contributed by atoms with Gasteiger partial charge in [-0.2, -0.15) is 0 Å². The Morgan fingerprint density at radius 3 is 2.93 bits per heavy atom. The van der Waals surface area contributed by atoms with Gasteiger partial charge in [-0.3, -0.25) is 9.69 Å². The normalized spacial score (nSPS) is 22.2. The predicted octanol–water partition coefficient (Wildman–Crippen LogP) is 2.92. The minimum atomic E-state index is -0.0740. The number of aromatic nitrogens is 2. The molecule has 8 heteroatoms. The highest BCUT2D eigenvalue weighted by Gasteiger charge is 2.43. The lowest BCUT2D eigenvalue weighted by Gasteiger charge is -2.26. The van der Waals surface area contributed by atoms with Crippen LogP contribution in [0.4, 0.5) is 10.8 Å². The summed E-state index contributed by atoms with van der Waals surface area (Å²) in [6.45, 7) is 8.80. The zero-order valence-corrected chi connectivity index (χ0v) is 17.5. The highest BCUT2D eigenvalue weighted by molar-refractivity contribution is 7.15. The molecule has 0 bridgehead atoms. The lowest BCUT2D eigenvalue weighted by atomic mass is 9.86. The van der Waals surface area contributed by atoms with E-state index < -0.39 is 0 Å². The fourth-order valence-electron chi connectivity index (χ4n) is 4.37. The number of rotatable bonds is 5. The van der Waals surface area contributed by atoms with Crippen molar-refractivity contribution >= 4 is 28.1 Å². The third-order valence-electron chi connectivity index (χ3n) is 5.66. The second-order valence-electron chi connectivity index (χ2n) is 7.95. The zero-order chi connectivity index (χ0) is 19.7. The number of ether oxygens (including phenoxy) is 1. The molecule has 2 fully saturated rings. The SMILES string of the molecule is COc1cc(N2CCC3(CCN(Cc4cnc(NC(C)=O)s4)C3)C2)cc(C)n1. The average molecular weight is 402 g/mol. The summed E-state index contributed by atoms with van der Waals surface area (Å²) in [5, 5.41) is 3.45. The van der Waals surface area contributed by atoms with Crippen molar-refractivity contribution in [2.45, 2.75) is 33.2 Å². The lowest BCUT2D eigenvalue weighted by Crippen LogP contribution is -2.30. The number of pyridine rings is 1. The fourth-order valence-corrected chi connectivity index (χ4v) is 5.27. The summed E-state index contributed by atoms with van der Waals surface area (Å²) in [5.41, 5.74) is 2.56. The van der Waals surface area contributed by atoms with E-state index in [1.807, 2.05) is 19.2 Å². The van der Waals surface area contributed by atoms with Gasteiger partial charge in [-0.1, -0.05) is 0 Å². The van der Waals surface area contributed by atoms with Gasteiger partial charge in [-0.25, -0.2) is 9.97 Å². The largest absolute Gasteiger partial charge is 0.481 e. The maximum Gasteiger partial charge on any atom is 0.223 e. The van der Waals surface area contributed by atoms with Crippen LogP contribution in [-0.4, -0.2) is 54.1 Å². The monoisotopic (exact) mass is 401 g/mol. The van der Waals surface area contributed by atoms with Crippen molar-refractivity contribution in [3.63, 3.8) is 0 Å². The summed E-state index contributed by atoms with van der Waals surface area (Å²) >= 11 is 1.57. The molecule has 1 spiro atoms. The van der Waals surface area contributed by atoms with E-state index in [9.17, 15) is 4.79 Å². The summed E-state index contributed by atoms with van der Waals surface area (Å²) in [6, 6.07) is 4.19. The Bertz CT molecular complexity index is 870. The van der Waals surface area contributed by atoms with E-state index in [-0.39, 0.29) is 5.91 Å². The molecule has 4 heterocycles. The molecule has 0 aromatic carbocycles. The smallest absolute Gasteiger partial charge is 0.223 e. The van der Waals surface area contributed by atoms with Crippen molar-refractivity contribution in [3.8, 4) is 5.88 Å². The van der Waals surface area contributed by atoms with Crippen molar-refractivity contribution in [3.05, 3.63) is 28.9 Å². The van der Waals surface area contributed by atoms with Gasteiger partial charge >= 0.3 is 0 Å². The standard InChI is InChI=1S/C20H27N5O2S/c1-14-8-16(9-18(22-14)27-3)25-7-5-20(13-25)4-6-24(12-20)11-17-10-21-19(28-17)23-15(2)26/h8-10H,4-7,11-13H2,1-3H3,(H,21,23,26). The Morgan fingerprint density at radius 1 is 1.32 bits per heavy atom. The Hall–Kier alpha value is -2.19. The van der Waals surface area contributed by atoms with Crippen LogP contribution in [0.25, 0.3) is 0 Å². The molecule has 0 radical (unpaired) electrons. The highest BCUT2D eigenvalue weighted by Crippen LogP contribution is 2.42. The average Bonchev–Trinajstić information content (AvgIpc) is 3.36. The van der Waals surface area contributed by atoms with Crippen molar-refractivity contribution in [2.75, 3.05) is 43.5 Å². The van der Waals surface area contributed by atoms with E-state index in [0.717, 1.165) is 38.4 Å². The molecule has 1 atom stereocenters. The Labute approximate surface area is 169 Å². The van der Waals surface area contributed by atoms with Crippen molar-refractivity contribution in [2.24, 2.45) is 5.41 Å². The van der Waals surface area contributed by atoms with Crippen LogP contribution >= 0.6 is 11.3 Å². The van der Waals surface area contributed by atoms with Crippen molar-refractivity contribution in [1.82, 2.24) is 14.9 Å². The first-order valence-corrected chi connectivity index (χ1v) is 10.5. The first-order valence-electron chi connectivity index (χ1n) is 9.67. The molecule has 2 aliphatic rings. The number of aryl methyl sites for hydroxylation is 1. The van der Waals surface area contributed by atoms with E-state index in [1.165, 1.54) is 30.3 Å². The summed E-state index contributed by atoms with van der Waals surface area (Å²) in [6.07, 6.45) is 4.32. The van der Waals surface area contributed by atoms with Gasteiger partial charge in [0.15, 0.2) is 5.13 Å². The van der Waals surface area contributed by atoms with E-state index in [1.54, 1.807) is 18.4 Å². The van der Waals surface area contributed by atoms with Gasteiger partial charge in [0, 0.05) is 67.0 Å². The number of amides is 1. The van der Waals surface area contributed by atoms with Crippen LogP contribution in [0.3, 0.4) is 0 Å². The van der Waals surface area contributed by atoms with Gasteiger partial charge in [-0.15, -0.1) is 11.3 Å². The summed E-state index contributed by atoms with van der Waals surface area (Å²) in [5.74, 6) is 0.610. The molecule has 7 nitrogen and oxygen atoms in total. The Kier molecular flexibility index (Phi) is 5.25. The van der Waals surface area contributed by atoms with Crippen LogP contribution in [0, 0.1) is 12.3 Å². The Balaban J connectivity index is 1.38. The van der Waals surface area contributed by atoms with Crippen LogP contribution in [-0.2, 0) is 11.3 Å². The van der Waals surface area contributed by atoms with Gasteiger partial charge in [0.05, 0.1) is 7.11 Å². The summed E-state index contributed by atoms with van der Waals surface area (Å²) < 4.78 is 5.34. The molecule has 150 valence electrons. The lowest BCUT2D eigenvalue weighted by molar-refractivity contribution is -0.114. The number of carbonyl (C=O) groups excluding carboxylic acids is 1. The molecular formula is C20H27N5O2S. The first-order chi connectivity index (χ1) is 13.4. The number of nitrogens with one attached hydrogen (secondary N) is 1. The highest BCUT2D eigenvalue weighted by atomic mass is 32.1. The van der Waals surface area contributed by atoms with E-state index in [0.29, 0.717) is 16.4 Å². The number of carbonyl (C=O) groups is 1. The maximum absolute atomic E-state index is 11.2. The number of hydrogen-bond donors (Lipinski definition) is 1. The number of hydrogen-bond acceptors (Lipinski definition) is 7. The molecule has 28 heavy (non-hydrogen) atoms. The van der Waals surface area contributed by atoms with Crippen LogP contribution in [0.1, 0.15) is 30.3 Å². The predicted molar refractivity (Wildman–Crippen MR) is 111 cm³/mol. The quantitative estimate of drug-likeness (QED) is 0.831. The third kappa shape index (κ3) is 4.12. The van der Waals surface area contributed by atoms with E-state index >= 15 is 0 Å². The summed E-state index contributed by atoms with van der Waals surface area (Å²) in [4.78, 5) is 26.1. The van der Waals surface area contributed by atoms with E-state index in [4.69, 9.17) is 4.74 Å². The van der Waals surface area contributed by atoms with Gasteiger partial charge in [-0.05, 0) is 32.4 Å². The molecule has 0 aliphatic carbocycles. The second kappa shape index (κ2) is 7.67. The fraction of sp³-hybridized carbons (Fsp3) is 0.550. The van der Waals surface area contributed by atoms with Gasteiger partial charge in [0.1, 0.15) is 0 Å². The molecular weight excluding hydrogens is 374 g/mol. The van der Waals surface area contributed by atoms with Crippen LogP contribution in [0.5, 0.6) is 5.88 Å². The Morgan fingerprint density at radius 2 is 2.14 bits per heavy atom. The topological polar surface area (TPSA) is 70.6 Å². The van der Waals surface area contributed by atoms with Gasteiger partial charge < -0.3 is 15.0 Å². The number of likely N-dealkylation sites (tertiary alicyclic amines) is 1. The molecule has 2 aromatic heterocycles. The third-order valence-corrected chi connectivity index (χ3v) is 6.56. The van der Waals surface area contributed by atoms with Crippen molar-refractivity contribution in [1.29, 1.82) is 0 Å². The number of thiazole rings is 1. The number of methoxy groups -OCH3 is 1. The van der Waals surface area contributed by atoms with Crippen LogP contribution < -0.4 is 15.0 Å². The second-order valence-corrected chi connectivity index (χ2v) is 9.07. The molecule has 1 amide bonds. The minimum absolute atomic E-state index is 0.0740. The van der Waals surface area contributed by atoms with Crippen molar-refractivity contribution < 1.29 is 9.53 Å². The summed E-state index contributed by atoms with van der Waals surface area (Å²) in [7, 11) is 1.67. The maximum atomic E-state index is 11.2. The molecule has 4 rings (SSSR count). The van der Waals surface area contributed by atoms with Gasteiger partial charge in [0.2, 0.25) is 11.8 Å². The van der Waals surface area contributed by atoms with Gasteiger partial charge in [0.25, 0.3) is 0 Å². The molecule has 0 saturated carbocycles. The molecule has 2 aromatic rings. The number of anilines is 2. The molecule has 1 unspecified atom stereocenters. The van der Waals surface area contributed by atoms with Crippen LogP contribution in [0.2, 0.25) is 0 Å². The zero-order valence-electron chi connectivity index (χ0n) is 16.7. The molecule has 2 saturated heterocycles. The van der Waals surface area contributed by atoms with E-state index in [2.05, 4.69) is 31.2 Å². The van der Waals surface area contributed by atoms with Crippen LogP contribution in [0.15, 0.2) is 18.3 Å². The molecule has 1 N–H and O–H groups in total. The minimum Gasteiger partial charge on any atom is -0.481 e.